The lowest BCUT2D eigenvalue weighted by Gasteiger charge is -2.36. The topological polar surface area (TPSA) is 47.9 Å². The van der Waals surface area contributed by atoms with Crippen molar-refractivity contribution >= 4 is 8.32 Å². The number of rotatable bonds is 13. The highest BCUT2D eigenvalue weighted by molar-refractivity contribution is 6.74. The average Bonchev–Trinajstić information content (AvgIpc) is 3.45. The van der Waals surface area contributed by atoms with Crippen LogP contribution in [0.2, 0.25) is 18.1 Å². The Morgan fingerprint density at radius 1 is 1.11 bits per heavy atom. The first-order valence-corrected chi connectivity index (χ1v) is 16.7. The average molecular weight is 517 g/mol. The Balaban J connectivity index is 1.99. The molecule has 1 saturated heterocycles. The van der Waals surface area contributed by atoms with Crippen molar-refractivity contribution in [1.29, 1.82) is 0 Å². The molecule has 7 heteroatoms. The fourth-order valence-corrected chi connectivity index (χ4v) is 6.09. The highest BCUT2D eigenvalue weighted by Gasteiger charge is 2.45. The molecular weight excluding hydrogens is 466 g/mol. The molecule has 0 spiro atoms. The Labute approximate surface area is 214 Å². The van der Waals surface area contributed by atoms with E-state index in [0.29, 0.717) is 32.2 Å². The second kappa shape index (κ2) is 13.3. The fraction of sp³-hybridized carbons (Fsp3) is 0.929. The Morgan fingerprint density at radius 3 is 2.31 bits per heavy atom. The molecule has 0 bridgehead atoms. The van der Waals surface area contributed by atoms with E-state index in [1.807, 2.05) is 0 Å². The van der Waals surface area contributed by atoms with Crippen LogP contribution >= 0.6 is 0 Å². The molecular formula is C28H50F2O4Si. The lowest BCUT2D eigenvalue weighted by Crippen LogP contribution is -2.41. The maximum Gasteiger partial charge on any atom is 0.333 e. The van der Waals surface area contributed by atoms with Crippen LogP contribution in [-0.4, -0.2) is 51.1 Å². The minimum atomic E-state index is -3.44. The summed E-state index contributed by atoms with van der Waals surface area (Å²) in [4.78, 5) is 0. The molecule has 1 aliphatic carbocycles. The van der Waals surface area contributed by atoms with E-state index in [9.17, 15) is 13.9 Å². The Bertz CT molecular complexity index is 683. The molecule has 1 N–H and O–H groups in total. The lowest BCUT2D eigenvalue weighted by atomic mass is 9.79. The number of hydrogen-bond acceptors (Lipinski definition) is 4. The summed E-state index contributed by atoms with van der Waals surface area (Å²) in [5, 5.41) is 10.7. The number of unbranched alkanes of at least 4 members (excludes halogenated alkanes) is 2. The Kier molecular flexibility index (Phi) is 11.7. The molecule has 1 heterocycles. The van der Waals surface area contributed by atoms with Crippen LogP contribution in [0.5, 0.6) is 0 Å². The minimum Gasteiger partial charge on any atom is -0.416 e. The van der Waals surface area contributed by atoms with Crippen molar-refractivity contribution in [3.8, 4) is 11.8 Å². The van der Waals surface area contributed by atoms with Gasteiger partial charge in [-0.1, -0.05) is 72.1 Å². The third kappa shape index (κ3) is 9.38. The van der Waals surface area contributed by atoms with E-state index in [1.54, 1.807) is 0 Å². The highest BCUT2D eigenvalue weighted by Crippen LogP contribution is 2.43. The molecule has 4 nitrogen and oxygen atoms in total. The predicted octanol–water partition coefficient (Wildman–Crippen LogP) is 7.31. The van der Waals surface area contributed by atoms with E-state index in [0.717, 1.165) is 51.4 Å². The van der Waals surface area contributed by atoms with E-state index in [4.69, 9.17) is 13.9 Å². The number of halogens is 2. The maximum atomic E-state index is 14.9. The van der Waals surface area contributed by atoms with E-state index in [-0.39, 0.29) is 23.8 Å². The molecule has 2 aliphatic rings. The van der Waals surface area contributed by atoms with Gasteiger partial charge < -0.3 is 19.0 Å². The summed E-state index contributed by atoms with van der Waals surface area (Å²) in [5.41, 5.74) is 0. The van der Waals surface area contributed by atoms with E-state index >= 15 is 0 Å². The summed E-state index contributed by atoms with van der Waals surface area (Å²) >= 11 is 0. The van der Waals surface area contributed by atoms with Crippen LogP contribution in [0.3, 0.4) is 0 Å². The summed E-state index contributed by atoms with van der Waals surface area (Å²) in [6.07, 6.45) is 7.29. The van der Waals surface area contributed by atoms with Gasteiger partial charge in [0.2, 0.25) is 0 Å². The maximum absolute atomic E-state index is 14.9. The third-order valence-corrected chi connectivity index (χ3v) is 12.8. The van der Waals surface area contributed by atoms with Crippen molar-refractivity contribution in [3.05, 3.63) is 0 Å². The van der Waals surface area contributed by atoms with Crippen LogP contribution in [0, 0.1) is 23.7 Å². The van der Waals surface area contributed by atoms with Crippen molar-refractivity contribution < 1.29 is 27.8 Å². The number of ether oxygens (including phenoxy) is 2. The molecule has 0 amide bonds. The molecule has 2 atom stereocenters. The lowest BCUT2D eigenvalue weighted by molar-refractivity contribution is -0.183. The van der Waals surface area contributed by atoms with Crippen molar-refractivity contribution in [2.75, 3.05) is 19.8 Å². The largest absolute Gasteiger partial charge is 0.416 e. The van der Waals surface area contributed by atoms with E-state index in [1.165, 1.54) is 0 Å². The van der Waals surface area contributed by atoms with Gasteiger partial charge in [-0.05, 0) is 48.7 Å². The van der Waals surface area contributed by atoms with Crippen molar-refractivity contribution in [1.82, 2.24) is 0 Å². The van der Waals surface area contributed by atoms with Crippen LogP contribution in [0.15, 0.2) is 0 Å². The van der Waals surface area contributed by atoms with Crippen LogP contribution < -0.4 is 0 Å². The van der Waals surface area contributed by atoms with Crippen molar-refractivity contribution in [2.24, 2.45) is 11.8 Å². The van der Waals surface area contributed by atoms with Crippen molar-refractivity contribution in [2.45, 2.75) is 134 Å². The zero-order valence-electron chi connectivity index (χ0n) is 23.1. The SMILES string of the molecule is CCCCCC1(CC(CC(O)C(F)(F)C#CCCO[Si](C)(C)C(C)(C)C)C2CCCC2)OCCO1. The van der Waals surface area contributed by atoms with Crippen molar-refractivity contribution in [3.63, 3.8) is 0 Å². The van der Waals surface area contributed by atoms with Gasteiger partial charge in [0.05, 0.1) is 13.2 Å². The molecule has 0 aromatic heterocycles. The summed E-state index contributed by atoms with van der Waals surface area (Å²) in [6.45, 7) is 14.3. The van der Waals surface area contributed by atoms with Crippen LogP contribution in [0.4, 0.5) is 8.78 Å². The molecule has 2 unspecified atom stereocenters. The third-order valence-electron chi connectivity index (χ3n) is 8.31. The quantitative estimate of drug-likeness (QED) is 0.158. The molecule has 1 aliphatic heterocycles. The minimum absolute atomic E-state index is 0.0229. The van der Waals surface area contributed by atoms with Gasteiger partial charge in [-0.25, -0.2) is 0 Å². The monoisotopic (exact) mass is 516 g/mol. The molecule has 0 aromatic rings. The van der Waals surface area contributed by atoms with Crippen LogP contribution in [-0.2, 0) is 13.9 Å². The summed E-state index contributed by atoms with van der Waals surface area (Å²) in [5.74, 6) is 0.760. The van der Waals surface area contributed by atoms with Gasteiger partial charge in [-0.15, -0.1) is 0 Å². The number of aliphatic hydroxyl groups excluding tert-OH is 1. The standard InChI is InChI=1S/C28H50F2O4Si/c1-7-8-11-16-27(32-19-20-33-27)22-24(23-14-9-10-15-23)21-25(31)28(29,30)17-12-13-18-34-35(5,6)26(2,3)4/h23-25,31H,7-11,13-16,18-22H2,1-6H3. The van der Waals surface area contributed by atoms with Gasteiger partial charge in [-0.2, -0.15) is 8.78 Å². The zero-order valence-corrected chi connectivity index (χ0v) is 24.1. The molecule has 2 fully saturated rings. The Hall–Kier alpha value is -0.523. The highest BCUT2D eigenvalue weighted by atomic mass is 28.4. The number of alkyl halides is 2. The molecule has 1 saturated carbocycles. The van der Waals surface area contributed by atoms with Gasteiger partial charge in [0.25, 0.3) is 0 Å². The summed E-state index contributed by atoms with van der Waals surface area (Å²) < 4.78 is 47.9. The fourth-order valence-electron chi connectivity index (χ4n) is 5.05. The first-order valence-electron chi connectivity index (χ1n) is 13.8. The molecule has 0 aromatic carbocycles. The van der Waals surface area contributed by atoms with E-state index < -0.39 is 26.1 Å². The van der Waals surface area contributed by atoms with Crippen LogP contribution in [0.1, 0.15) is 98.3 Å². The Morgan fingerprint density at radius 2 is 1.74 bits per heavy atom. The second-order valence-electron chi connectivity index (χ2n) is 12.1. The molecule has 35 heavy (non-hydrogen) atoms. The van der Waals surface area contributed by atoms with Crippen LogP contribution in [0.25, 0.3) is 0 Å². The molecule has 0 radical (unpaired) electrons. The smallest absolute Gasteiger partial charge is 0.333 e. The molecule has 2 rings (SSSR count). The number of aliphatic hydroxyl groups is 1. The van der Waals surface area contributed by atoms with Gasteiger partial charge in [-0.3, -0.25) is 0 Å². The summed E-state index contributed by atoms with van der Waals surface area (Å²) in [7, 11) is -1.93. The van der Waals surface area contributed by atoms with E-state index in [2.05, 4.69) is 52.6 Å². The first-order chi connectivity index (χ1) is 16.3. The van der Waals surface area contributed by atoms with Gasteiger partial charge in [0.1, 0.15) is 6.10 Å². The summed E-state index contributed by atoms with van der Waals surface area (Å²) in [6, 6.07) is 0. The van der Waals surface area contributed by atoms with Gasteiger partial charge >= 0.3 is 5.92 Å². The number of hydrogen-bond donors (Lipinski definition) is 1. The van der Waals surface area contributed by atoms with Gasteiger partial charge in [0, 0.05) is 25.9 Å². The first kappa shape index (κ1) is 30.7. The zero-order chi connectivity index (χ0) is 26.2. The second-order valence-corrected chi connectivity index (χ2v) is 16.9. The molecule has 204 valence electrons. The van der Waals surface area contributed by atoms with Gasteiger partial charge in [0.15, 0.2) is 14.1 Å². The predicted molar refractivity (Wildman–Crippen MR) is 140 cm³/mol. The normalized spacial score (nSPS) is 21.1.